The summed E-state index contributed by atoms with van der Waals surface area (Å²) in [6.07, 6.45) is 0. The molecule has 0 aliphatic carbocycles. The van der Waals surface area contributed by atoms with Gasteiger partial charge in [-0.1, -0.05) is 0 Å². The van der Waals surface area contributed by atoms with Gasteiger partial charge in [0, 0.05) is 12.0 Å². The van der Waals surface area contributed by atoms with E-state index in [0.29, 0.717) is 12.0 Å². The van der Waals surface area contributed by atoms with Crippen LogP contribution in [0.15, 0.2) is 0 Å². The Morgan fingerprint density at radius 1 is 2.40 bits per heavy atom. The van der Waals surface area contributed by atoms with Crippen LogP contribution in [0.25, 0.3) is 0 Å². The van der Waals surface area contributed by atoms with E-state index in [2.05, 4.69) is 12.6 Å². The molecule has 1 N–H and O–H groups in total. The van der Waals surface area contributed by atoms with Crippen molar-refractivity contribution in [3.8, 4) is 0 Å². The van der Waals surface area contributed by atoms with Gasteiger partial charge in [-0.15, -0.1) is 9.24 Å². The van der Waals surface area contributed by atoms with Crippen molar-refractivity contribution in [2.24, 2.45) is 0 Å². The quantitative estimate of drug-likeness (QED) is 0.241. The molecule has 5 heavy (non-hydrogen) atoms. The molecule has 0 aromatic carbocycles. The normalized spacial score (nSPS) is 24.2. The molecule has 0 radical (unpaired) electrons. The van der Waals surface area contributed by atoms with Crippen LogP contribution >= 0.6 is 33.9 Å². The molecular weight excluding hydrogens is 123 g/mol. The number of thiol groups is 1. The van der Waals surface area contributed by atoms with Gasteiger partial charge in [0.05, 0.1) is 5.67 Å². The molecule has 0 aliphatic heterocycles. The Morgan fingerprint density at radius 2 is 2.60 bits per heavy atom. The van der Waals surface area contributed by atoms with Gasteiger partial charge in [-0.25, -0.2) is 0 Å². The molecule has 0 aromatic rings. The number of hydrogen-bond donors (Lipinski definition) is 2. The van der Waals surface area contributed by atoms with Gasteiger partial charge in [0.2, 0.25) is 0 Å². The fourth-order valence-electron chi connectivity index (χ4n) is 0. The summed E-state index contributed by atoms with van der Waals surface area (Å²) >= 11 is 3.97. The standard InChI is InChI=1S/CH5OPS2/c2-5-1(3)4/h1-2,4H,3H2/i1T. The largest absolute Gasteiger partial charge is 0.329 e. The minimum Gasteiger partial charge on any atom is -0.329 e. The van der Waals surface area contributed by atoms with Gasteiger partial charge in [0.15, 0.2) is 0 Å². The van der Waals surface area contributed by atoms with Crippen molar-refractivity contribution in [2.75, 3.05) is 0 Å². The predicted molar refractivity (Wildman–Crippen MR) is 32.7 cm³/mol. The highest BCUT2D eigenvalue weighted by Gasteiger charge is 1.84. The van der Waals surface area contributed by atoms with Gasteiger partial charge in [0.25, 0.3) is 0 Å². The maximum atomic E-state index is 8.03. The second-order valence-corrected chi connectivity index (χ2v) is 3.32. The molecule has 0 saturated heterocycles. The summed E-state index contributed by atoms with van der Waals surface area (Å²) in [4.78, 5) is 0. The number of rotatable bonds is 1. The SMILES string of the molecule is [3H]C(P)(S)SO. The van der Waals surface area contributed by atoms with Gasteiger partial charge in [-0.05, 0) is 0 Å². The minimum absolute atomic E-state index is 0.376. The zero-order valence-electron chi connectivity index (χ0n) is 3.38. The van der Waals surface area contributed by atoms with Crippen molar-refractivity contribution in [2.45, 2.75) is 4.30 Å². The van der Waals surface area contributed by atoms with Crippen molar-refractivity contribution in [3.63, 3.8) is 0 Å². The molecule has 0 fully saturated rings. The maximum absolute atomic E-state index is 8.03. The Labute approximate surface area is 44.8 Å². The summed E-state index contributed by atoms with van der Waals surface area (Å²) in [5.41, 5.74) is 0. The van der Waals surface area contributed by atoms with E-state index >= 15 is 0 Å². The first kappa shape index (κ1) is 4.25. The third-order valence-corrected chi connectivity index (χ3v) is 0.842. The molecule has 0 rings (SSSR count). The van der Waals surface area contributed by atoms with Crippen LogP contribution in [0, 0.1) is 0 Å². The number of hydrogen-bond acceptors (Lipinski definition) is 3. The van der Waals surface area contributed by atoms with Crippen molar-refractivity contribution in [3.05, 3.63) is 0 Å². The molecule has 0 amide bonds. The van der Waals surface area contributed by atoms with Crippen molar-refractivity contribution >= 4 is 33.9 Å². The molecule has 0 spiro atoms. The third-order valence-electron chi connectivity index (χ3n) is 0.0935. The van der Waals surface area contributed by atoms with E-state index in [4.69, 9.17) is 5.92 Å². The molecule has 4 heteroatoms. The second-order valence-electron chi connectivity index (χ2n) is 0.430. The van der Waals surface area contributed by atoms with Gasteiger partial charge >= 0.3 is 0 Å². The summed E-state index contributed by atoms with van der Waals surface area (Å²) in [5, 5.41) is 0. The molecule has 0 saturated carbocycles. The molecule has 1 nitrogen and oxygen atoms in total. The summed E-state index contributed by atoms with van der Waals surface area (Å²) in [6, 6.07) is 0. The van der Waals surface area contributed by atoms with E-state index in [1.165, 1.54) is 0 Å². The van der Waals surface area contributed by atoms with Gasteiger partial charge in [0.1, 0.15) is 0 Å². The second kappa shape index (κ2) is 3.29. The lowest BCUT2D eigenvalue weighted by Crippen LogP contribution is -1.66. The van der Waals surface area contributed by atoms with E-state index in [1.807, 2.05) is 9.24 Å². The fourth-order valence-corrected chi connectivity index (χ4v) is 0. The predicted octanol–water partition coefficient (Wildman–Crippen LogP) is 1.28. The van der Waals surface area contributed by atoms with Crippen LogP contribution < -0.4 is 0 Å². The van der Waals surface area contributed by atoms with Crippen molar-refractivity contribution in [1.29, 1.82) is 0 Å². The first-order valence-corrected chi connectivity index (χ1v) is 2.70. The summed E-state index contributed by atoms with van der Waals surface area (Å²) < 4.78 is 13.6. The van der Waals surface area contributed by atoms with Crippen LogP contribution in [0.4, 0.5) is 0 Å². The maximum Gasteiger partial charge on any atom is 0.0868 e. The van der Waals surface area contributed by atoms with Crippen LogP contribution in [0.2, 0.25) is 0 Å². The van der Waals surface area contributed by atoms with Crippen LogP contribution in [0.1, 0.15) is 1.37 Å². The van der Waals surface area contributed by atoms with E-state index in [0.717, 1.165) is 0 Å². The Balaban J connectivity index is 3.17. The summed E-state index contributed by atoms with van der Waals surface area (Å²) in [6.45, 7) is 0. The average molecular weight is 130 g/mol. The Morgan fingerprint density at radius 3 is 2.60 bits per heavy atom. The van der Waals surface area contributed by atoms with E-state index in [1.54, 1.807) is 0 Å². The fraction of sp³-hybridized carbons (Fsp3) is 1.00. The highest BCUT2D eigenvalue weighted by Crippen LogP contribution is 2.15. The average Bonchev–Trinajstić information content (AvgIpc) is 1.35. The lowest BCUT2D eigenvalue weighted by Gasteiger charge is -1.87. The Hall–Kier alpha value is 1.09. The van der Waals surface area contributed by atoms with E-state index < -0.39 is 4.30 Å². The topological polar surface area (TPSA) is 20.2 Å². The Bertz CT molecular complexity index is 43.3. The molecule has 0 bridgehead atoms. The van der Waals surface area contributed by atoms with Crippen LogP contribution in [0.3, 0.4) is 0 Å². The first-order chi connectivity index (χ1) is 2.56. The molecule has 2 unspecified atom stereocenters. The van der Waals surface area contributed by atoms with Crippen LogP contribution in [-0.2, 0) is 0 Å². The smallest absolute Gasteiger partial charge is 0.0868 e. The first-order valence-electron chi connectivity index (χ1n) is 1.40. The Kier molecular flexibility index (Phi) is 2.80. The van der Waals surface area contributed by atoms with Crippen molar-refractivity contribution in [1.82, 2.24) is 0 Å². The zero-order valence-corrected chi connectivity index (χ0v) is 5.25. The van der Waals surface area contributed by atoms with Gasteiger partial charge in [-0.2, -0.15) is 12.6 Å². The molecule has 0 heterocycles. The van der Waals surface area contributed by atoms with E-state index in [9.17, 15) is 0 Å². The third kappa shape index (κ3) is 5.09. The van der Waals surface area contributed by atoms with E-state index in [-0.39, 0.29) is 0 Å². The highest BCUT2D eigenvalue weighted by molar-refractivity contribution is 8.11. The lowest BCUT2D eigenvalue weighted by atomic mass is 11.9. The highest BCUT2D eigenvalue weighted by atomic mass is 32.2. The minimum atomic E-state index is -1.12. The zero-order chi connectivity index (χ0) is 5.21. The molecule has 0 aromatic heterocycles. The lowest BCUT2D eigenvalue weighted by molar-refractivity contribution is 0.667. The summed E-state index contributed by atoms with van der Waals surface area (Å²) in [5.74, 6) is 0. The van der Waals surface area contributed by atoms with Crippen LogP contribution in [0.5, 0.6) is 0 Å². The van der Waals surface area contributed by atoms with Gasteiger partial charge in [-0.3, -0.25) is 0 Å². The molecule has 32 valence electrons. The molecular formula is CH5OPS2. The van der Waals surface area contributed by atoms with Crippen molar-refractivity contribution < 1.29 is 5.92 Å². The summed E-state index contributed by atoms with van der Waals surface area (Å²) in [7, 11) is 2.04. The molecule has 0 aliphatic rings. The van der Waals surface area contributed by atoms with Gasteiger partial charge < -0.3 is 4.55 Å². The van der Waals surface area contributed by atoms with Crippen LogP contribution in [-0.4, -0.2) is 8.85 Å². The monoisotopic (exact) mass is 130 g/mol. The molecule has 2 atom stereocenters.